The Balaban J connectivity index is 2.46. The molecule has 0 aromatic heterocycles. The van der Waals surface area contributed by atoms with Crippen LogP contribution >= 0.6 is 0 Å². The van der Waals surface area contributed by atoms with Crippen LogP contribution in [0.1, 0.15) is 12.0 Å². The summed E-state index contributed by atoms with van der Waals surface area (Å²) >= 11 is 0. The van der Waals surface area contributed by atoms with Crippen LogP contribution in [-0.2, 0) is 0 Å². The third-order valence-corrected chi connectivity index (χ3v) is 2.84. The second-order valence-electron chi connectivity index (χ2n) is 4.16. The Morgan fingerprint density at radius 3 is 2.47 bits per heavy atom. The number of benzene rings is 2. The number of nitrogens with zero attached hydrogens (tertiary/aromatic N) is 1. The van der Waals surface area contributed by atoms with Crippen LogP contribution < -0.4 is 10.6 Å². The van der Waals surface area contributed by atoms with Gasteiger partial charge < -0.3 is 10.6 Å². The highest BCUT2D eigenvalue weighted by Crippen LogP contribution is 2.34. The molecule has 0 fully saturated rings. The number of hydrogen-bond donors (Lipinski definition) is 1. The van der Waals surface area contributed by atoms with Gasteiger partial charge >= 0.3 is 0 Å². The van der Waals surface area contributed by atoms with Gasteiger partial charge in [0.1, 0.15) is 5.82 Å². The molecule has 0 aliphatic carbocycles. The van der Waals surface area contributed by atoms with Crippen LogP contribution in [-0.4, -0.2) is 7.05 Å². The van der Waals surface area contributed by atoms with E-state index in [4.69, 9.17) is 5.73 Å². The van der Waals surface area contributed by atoms with Crippen molar-refractivity contribution < 1.29 is 13.2 Å². The van der Waals surface area contributed by atoms with E-state index in [1.54, 1.807) is 13.1 Å². The Morgan fingerprint density at radius 1 is 1.11 bits per heavy atom. The van der Waals surface area contributed by atoms with Gasteiger partial charge in [0.15, 0.2) is 0 Å². The molecule has 0 saturated carbocycles. The quantitative estimate of drug-likeness (QED) is 0.847. The van der Waals surface area contributed by atoms with Gasteiger partial charge in [-0.05, 0) is 36.4 Å². The molecule has 2 N–H and O–H groups in total. The predicted octanol–water partition coefficient (Wildman–Crippen LogP) is 4.11. The fraction of sp³-hybridized carbons (Fsp3) is 0.143. The highest BCUT2D eigenvalue weighted by molar-refractivity contribution is 5.68. The molecule has 0 aliphatic heterocycles. The maximum atomic E-state index is 13.2. The maximum Gasteiger partial charge on any atom is 0.265 e. The largest absolute Gasteiger partial charge is 0.399 e. The zero-order valence-electron chi connectivity index (χ0n) is 10.3. The summed E-state index contributed by atoms with van der Waals surface area (Å²) in [6, 6.07) is 10.0. The molecule has 0 aliphatic rings. The van der Waals surface area contributed by atoms with Crippen LogP contribution in [0, 0.1) is 5.82 Å². The van der Waals surface area contributed by atoms with Gasteiger partial charge in [0.05, 0.1) is 0 Å². The Labute approximate surface area is 109 Å². The van der Waals surface area contributed by atoms with Crippen molar-refractivity contribution in [2.75, 3.05) is 17.7 Å². The highest BCUT2D eigenvalue weighted by Gasteiger charge is 2.17. The molecule has 0 spiro atoms. The van der Waals surface area contributed by atoms with E-state index in [2.05, 4.69) is 0 Å². The lowest BCUT2D eigenvalue weighted by molar-refractivity contribution is 0.152. The molecule has 19 heavy (non-hydrogen) atoms. The Morgan fingerprint density at radius 2 is 1.84 bits per heavy atom. The fourth-order valence-corrected chi connectivity index (χ4v) is 1.88. The third kappa shape index (κ3) is 2.81. The van der Waals surface area contributed by atoms with Crippen molar-refractivity contribution in [3.8, 4) is 0 Å². The molecule has 0 atom stereocenters. The molecule has 0 unspecified atom stereocenters. The predicted molar refractivity (Wildman–Crippen MR) is 70.3 cm³/mol. The van der Waals surface area contributed by atoms with Crippen molar-refractivity contribution in [1.82, 2.24) is 0 Å². The molecule has 0 heterocycles. The fourth-order valence-electron chi connectivity index (χ4n) is 1.88. The van der Waals surface area contributed by atoms with Gasteiger partial charge in [-0.3, -0.25) is 0 Å². The number of rotatable bonds is 3. The summed E-state index contributed by atoms with van der Waals surface area (Å²) in [5.74, 6) is -0.418. The lowest BCUT2D eigenvalue weighted by atomic mass is 10.1. The zero-order chi connectivity index (χ0) is 14.0. The normalized spacial score (nSPS) is 10.8. The van der Waals surface area contributed by atoms with Gasteiger partial charge in [-0.15, -0.1) is 0 Å². The first kappa shape index (κ1) is 13.3. The van der Waals surface area contributed by atoms with Crippen molar-refractivity contribution in [2.24, 2.45) is 0 Å². The standard InChI is InChI=1S/C14H13F3N2/c1-19(11-4-2-3-9(15)7-11)13-6-5-10(18)8-12(13)14(16)17/h2-8,14H,18H2,1H3. The Bertz CT molecular complexity index is 585. The van der Waals surface area contributed by atoms with E-state index in [1.807, 2.05) is 0 Å². The van der Waals surface area contributed by atoms with E-state index in [1.165, 1.54) is 41.3 Å². The van der Waals surface area contributed by atoms with Crippen molar-refractivity contribution >= 4 is 17.1 Å². The summed E-state index contributed by atoms with van der Waals surface area (Å²) in [7, 11) is 1.60. The molecule has 0 bridgehead atoms. The first-order valence-electron chi connectivity index (χ1n) is 5.66. The van der Waals surface area contributed by atoms with Gasteiger partial charge in [0.25, 0.3) is 6.43 Å². The summed E-state index contributed by atoms with van der Waals surface area (Å²) in [6.45, 7) is 0. The van der Waals surface area contributed by atoms with E-state index in [0.29, 0.717) is 11.4 Å². The molecular weight excluding hydrogens is 253 g/mol. The third-order valence-electron chi connectivity index (χ3n) is 2.84. The highest BCUT2D eigenvalue weighted by atomic mass is 19.3. The van der Waals surface area contributed by atoms with Gasteiger partial charge in [-0.2, -0.15) is 0 Å². The second kappa shape index (κ2) is 5.22. The summed E-state index contributed by atoms with van der Waals surface area (Å²) < 4.78 is 39.2. The van der Waals surface area contributed by atoms with Crippen LogP contribution in [0.4, 0.5) is 30.2 Å². The van der Waals surface area contributed by atoms with E-state index in [-0.39, 0.29) is 11.3 Å². The molecule has 5 heteroatoms. The summed E-state index contributed by atoms with van der Waals surface area (Å²) in [4.78, 5) is 1.50. The van der Waals surface area contributed by atoms with Gasteiger partial charge in [0, 0.05) is 29.7 Å². The van der Waals surface area contributed by atoms with E-state index in [0.717, 1.165) is 0 Å². The number of hydrogen-bond acceptors (Lipinski definition) is 2. The lowest BCUT2D eigenvalue weighted by Gasteiger charge is -2.22. The number of anilines is 3. The minimum Gasteiger partial charge on any atom is -0.399 e. The van der Waals surface area contributed by atoms with Gasteiger partial charge in [0.2, 0.25) is 0 Å². The minimum atomic E-state index is -2.64. The molecule has 2 aromatic carbocycles. The number of halogens is 3. The SMILES string of the molecule is CN(c1cccc(F)c1)c1ccc(N)cc1C(F)F. The molecule has 2 aromatic rings. The molecule has 0 saturated heterocycles. The molecule has 2 rings (SSSR count). The molecular formula is C14H13F3N2. The summed E-state index contributed by atoms with van der Waals surface area (Å²) in [5.41, 5.74) is 6.41. The molecule has 100 valence electrons. The topological polar surface area (TPSA) is 29.3 Å². The van der Waals surface area contributed by atoms with Crippen LogP contribution in [0.15, 0.2) is 42.5 Å². The van der Waals surface area contributed by atoms with Crippen molar-refractivity contribution in [3.05, 3.63) is 53.8 Å². The first-order valence-corrected chi connectivity index (χ1v) is 5.66. The van der Waals surface area contributed by atoms with Crippen LogP contribution in [0.5, 0.6) is 0 Å². The van der Waals surface area contributed by atoms with Crippen LogP contribution in [0.25, 0.3) is 0 Å². The van der Waals surface area contributed by atoms with Crippen molar-refractivity contribution in [2.45, 2.75) is 6.43 Å². The molecule has 0 amide bonds. The van der Waals surface area contributed by atoms with E-state index in [9.17, 15) is 13.2 Å². The van der Waals surface area contributed by atoms with Gasteiger partial charge in [-0.1, -0.05) is 6.07 Å². The maximum absolute atomic E-state index is 13.2. The monoisotopic (exact) mass is 266 g/mol. The van der Waals surface area contributed by atoms with E-state index >= 15 is 0 Å². The van der Waals surface area contributed by atoms with Crippen molar-refractivity contribution in [1.29, 1.82) is 0 Å². The molecule has 2 nitrogen and oxygen atoms in total. The summed E-state index contributed by atoms with van der Waals surface area (Å²) in [5, 5.41) is 0. The van der Waals surface area contributed by atoms with E-state index < -0.39 is 12.2 Å². The van der Waals surface area contributed by atoms with Crippen LogP contribution in [0.3, 0.4) is 0 Å². The number of alkyl halides is 2. The Hall–Kier alpha value is -2.17. The minimum absolute atomic E-state index is 0.174. The number of nitrogen functional groups attached to an aromatic ring is 1. The first-order chi connectivity index (χ1) is 8.99. The lowest BCUT2D eigenvalue weighted by Crippen LogP contribution is -2.12. The second-order valence-corrected chi connectivity index (χ2v) is 4.16. The van der Waals surface area contributed by atoms with Crippen molar-refractivity contribution in [3.63, 3.8) is 0 Å². The molecule has 0 radical (unpaired) electrons. The van der Waals surface area contributed by atoms with Crippen LogP contribution in [0.2, 0.25) is 0 Å². The Kier molecular flexibility index (Phi) is 3.64. The smallest absolute Gasteiger partial charge is 0.265 e. The number of nitrogens with two attached hydrogens (primary N) is 1. The average molecular weight is 266 g/mol. The zero-order valence-corrected chi connectivity index (χ0v) is 10.3. The summed E-state index contributed by atoms with van der Waals surface area (Å²) in [6.07, 6.45) is -2.64. The van der Waals surface area contributed by atoms with Gasteiger partial charge in [-0.25, -0.2) is 13.2 Å². The average Bonchev–Trinajstić information content (AvgIpc) is 2.37.